The van der Waals surface area contributed by atoms with E-state index in [-0.39, 0.29) is 0 Å². The van der Waals surface area contributed by atoms with Crippen molar-refractivity contribution in [1.82, 2.24) is 0 Å². The number of hydrogen-bond acceptors (Lipinski definition) is 0. The molecule has 0 amide bonds. The van der Waals surface area contributed by atoms with E-state index in [0.29, 0.717) is 0 Å². The molecule has 0 heterocycles. The molecule has 4 rings (SSSR count). The van der Waals surface area contributed by atoms with Crippen molar-refractivity contribution in [3.05, 3.63) is 84.9 Å². The molecule has 1 radical (unpaired) electrons. The Morgan fingerprint density at radius 3 is 1.26 bits per heavy atom. The molecule has 0 nitrogen and oxygen atoms in total. The van der Waals surface area contributed by atoms with Crippen LogP contribution in [0.4, 0.5) is 0 Å². The fourth-order valence-corrected chi connectivity index (χ4v) is 2.92. The maximum absolute atomic E-state index is 2.21. The van der Waals surface area contributed by atoms with E-state index in [1.807, 2.05) is 0 Å². The number of fused-ring (bicyclic) bond motifs is 2. The molecule has 0 spiro atoms. The Bertz CT molecular complexity index is 837. The van der Waals surface area contributed by atoms with Gasteiger partial charge in [-0.3, -0.25) is 0 Å². The molecule has 0 aliphatic carbocycles. The molecular formula is C22H20P. The first-order chi connectivity index (χ1) is 11.3. The van der Waals surface area contributed by atoms with Crippen molar-refractivity contribution in [2.24, 2.45) is 0 Å². The van der Waals surface area contributed by atoms with Crippen LogP contribution in [0.2, 0.25) is 0 Å². The van der Waals surface area contributed by atoms with Gasteiger partial charge < -0.3 is 0 Å². The van der Waals surface area contributed by atoms with Crippen molar-refractivity contribution in [3.63, 3.8) is 0 Å². The second-order valence-electron chi connectivity index (χ2n) is 5.50. The molecule has 0 N–H and O–H groups in total. The van der Waals surface area contributed by atoms with Crippen LogP contribution in [-0.4, -0.2) is 13.3 Å². The largest absolute Gasteiger partial charge is 0.0879 e. The van der Waals surface area contributed by atoms with E-state index in [1.165, 1.54) is 41.3 Å². The highest BCUT2D eigenvalue weighted by atomic mass is 31.1. The molecule has 4 aromatic rings. The predicted octanol–water partition coefficient (Wildman–Crippen LogP) is 6.85. The van der Waals surface area contributed by atoms with E-state index in [0.717, 1.165) is 0 Å². The van der Waals surface area contributed by atoms with Crippen molar-refractivity contribution >= 4 is 30.1 Å². The lowest BCUT2D eigenvalue weighted by molar-refractivity contribution is 1.68. The first-order valence-electron chi connectivity index (χ1n) is 7.79. The van der Waals surface area contributed by atoms with Crippen LogP contribution in [0.3, 0.4) is 0 Å². The van der Waals surface area contributed by atoms with Crippen LogP contribution in [0.15, 0.2) is 84.9 Å². The highest BCUT2D eigenvalue weighted by molar-refractivity contribution is 7.35. The van der Waals surface area contributed by atoms with Gasteiger partial charge in [-0.2, -0.15) is 0 Å². The molecule has 0 fully saturated rings. The lowest BCUT2D eigenvalue weighted by atomic mass is 9.94. The molecule has 0 bridgehead atoms. The lowest BCUT2D eigenvalue weighted by Gasteiger charge is -2.10. The molecule has 1 heteroatoms. The molecule has 0 saturated carbocycles. The molecule has 4 aromatic carbocycles. The first-order valence-corrected chi connectivity index (χ1v) is 9.58. The van der Waals surface area contributed by atoms with Gasteiger partial charge in [0.15, 0.2) is 0 Å². The second kappa shape index (κ2) is 7.40. The average Bonchev–Trinajstić information content (AvgIpc) is 2.61. The number of benzene rings is 4. The van der Waals surface area contributed by atoms with Crippen molar-refractivity contribution in [2.75, 3.05) is 13.3 Å². The van der Waals surface area contributed by atoms with Crippen LogP contribution in [0.5, 0.6) is 0 Å². The van der Waals surface area contributed by atoms with Crippen LogP contribution in [0, 0.1) is 0 Å². The maximum atomic E-state index is 2.21. The smallest absolute Gasteiger partial charge is 0.00992 e. The van der Waals surface area contributed by atoms with Crippen LogP contribution >= 0.6 is 8.58 Å². The second-order valence-corrected chi connectivity index (χ2v) is 6.40. The summed E-state index contributed by atoms with van der Waals surface area (Å²) in [6.45, 7) is 4.19. The molecular weight excluding hydrogens is 295 g/mol. The van der Waals surface area contributed by atoms with Gasteiger partial charge in [0.25, 0.3) is 0 Å². The highest BCUT2D eigenvalue weighted by Crippen LogP contribution is 2.33. The lowest BCUT2D eigenvalue weighted by Crippen LogP contribution is -1.83. The highest BCUT2D eigenvalue weighted by Gasteiger charge is 2.06. The van der Waals surface area contributed by atoms with Gasteiger partial charge in [-0.05, 0) is 46.0 Å². The third-order valence-corrected chi connectivity index (χ3v) is 3.87. The van der Waals surface area contributed by atoms with E-state index >= 15 is 0 Å². The normalized spacial score (nSPS) is 10.3. The Labute approximate surface area is 140 Å². The van der Waals surface area contributed by atoms with Gasteiger partial charge in [0.1, 0.15) is 0 Å². The molecule has 0 aromatic heterocycles. The first kappa shape index (κ1) is 15.7. The fraction of sp³-hybridized carbons (Fsp3) is 0.0909. The minimum atomic E-state index is 1.29. The van der Waals surface area contributed by atoms with E-state index in [9.17, 15) is 0 Å². The Kier molecular flexibility index (Phi) is 5.05. The summed E-state index contributed by atoms with van der Waals surface area (Å²) in [6.07, 6.45) is 0. The van der Waals surface area contributed by atoms with E-state index in [2.05, 4.69) is 98.3 Å². The molecule has 0 aliphatic rings. The molecule has 0 atom stereocenters. The molecule has 0 aliphatic heterocycles. The summed E-state index contributed by atoms with van der Waals surface area (Å²) in [5.41, 5.74) is 2.61. The van der Waals surface area contributed by atoms with Gasteiger partial charge in [0.05, 0.1) is 0 Å². The molecule has 0 unspecified atom stereocenters. The standard InChI is InChI=1S/C20H14.C2H6P/c1-3-11-17-15(7-1)9-5-13-19(17)20-14-6-10-16-8-2-4-12-18(16)20;1-3-2/h1-14H;1-2H3. The number of rotatable bonds is 1. The molecule has 113 valence electrons. The van der Waals surface area contributed by atoms with Gasteiger partial charge in [-0.1, -0.05) is 93.5 Å². The summed E-state index contributed by atoms with van der Waals surface area (Å²) in [4.78, 5) is 0. The van der Waals surface area contributed by atoms with Crippen LogP contribution in [0.1, 0.15) is 0 Å². The SMILES string of the molecule is C[P]C.c1ccc2c(-c3cccc4ccccc34)cccc2c1. The quantitative estimate of drug-likeness (QED) is 0.337. The van der Waals surface area contributed by atoms with Crippen molar-refractivity contribution in [3.8, 4) is 11.1 Å². The maximum Gasteiger partial charge on any atom is -0.00992 e. The van der Waals surface area contributed by atoms with Crippen LogP contribution < -0.4 is 0 Å². The third-order valence-electron chi connectivity index (χ3n) is 3.87. The van der Waals surface area contributed by atoms with Crippen LogP contribution in [0.25, 0.3) is 32.7 Å². The minimum absolute atomic E-state index is 1.29. The van der Waals surface area contributed by atoms with E-state index < -0.39 is 0 Å². The Morgan fingerprint density at radius 2 is 0.826 bits per heavy atom. The van der Waals surface area contributed by atoms with Gasteiger partial charge in [-0.25, -0.2) is 0 Å². The zero-order valence-corrected chi connectivity index (χ0v) is 14.4. The van der Waals surface area contributed by atoms with Gasteiger partial charge in [-0.15, -0.1) is 0 Å². The summed E-state index contributed by atoms with van der Waals surface area (Å²) in [6, 6.07) is 30.2. The Morgan fingerprint density at radius 1 is 0.478 bits per heavy atom. The topological polar surface area (TPSA) is 0 Å². The van der Waals surface area contributed by atoms with Crippen molar-refractivity contribution in [1.29, 1.82) is 0 Å². The van der Waals surface area contributed by atoms with E-state index in [4.69, 9.17) is 0 Å². The summed E-state index contributed by atoms with van der Waals surface area (Å²) < 4.78 is 0. The Balaban J connectivity index is 0.000000485. The summed E-state index contributed by atoms with van der Waals surface area (Å²) in [5.74, 6) is 0. The molecule has 0 saturated heterocycles. The van der Waals surface area contributed by atoms with Gasteiger partial charge in [0.2, 0.25) is 0 Å². The molecule has 23 heavy (non-hydrogen) atoms. The number of hydrogen-bond donors (Lipinski definition) is 0. The van der Waals surface area contributed by atoms with Crippen molar-refractivity contribution in [2.45, 2.75) is 0 Å². The van der Waals surface area contributed by atoms with Crippen LogP contribution in [-0.2, 0) is 0 Å². The van der Waals surface area contributed by atoms with E-state index in [1.54, 1.807) is 0 Å². The summed E-state index contributed by atoms with van der Waals surface area (Å²) >= 11 is 0. The monoisotopic (exact) mass is 315 g/mol. The zero-order valence-electron chi connectivity index (χ0n) is 13.5. The Hall–Kier alpha value is -2.17. The average molecular weight is 315 g/mol. The van der Waals surface area contributed by atoms with Gasteiger partial charge >= 0.3 is 0 Å². The summed E-state index contributed by atoms with van der Waals surface area (Å²) in [7, 11) is 1.42. The summed E-state index contributed by atoms with van der Waals surface area (Å²) in [5, 5.41) is 5.20. The zero-order chi connectivity index (χ0) is 16.1. The van der Waals surface area contributed by atoms with Crippen molar-refractivity contribution < 1.29 is 0 Å². The predicted molar refractivity (Wildman–Crippen MR) is 106 cm³/mol. The fourth-order valence-electron chi connectivity index (χ4n) is 2.92. The third kappa shape index (κ3) is 3.28. The minimum Gasteiger partial charge on any atom is -0.0879 e. The van der Waals surface area contributed by atoms with Gasteiger partial charge in [0, 0.05) is 0 Å².